The zero-order valence-electron chi connectivity index (χ0n) is 14.4. The number of carbonyl (C=O) groups is 1. The van der Waals surface area contributed by atoms with Crippen LogP contribution in [-0.2, 0) is 24.2 Å². The van der Waals surface area contributed by atoms with Crippen LogP contribution in [0.1, 0.15) is 51.4 Å². The number of likely N-dealkylation sites (tertiary alicyclic amines) is 1. The molecule has 0 bridgehead atoms. The summed E-state index contributed by atoms with van der Waals surface area (Å²) in [5.74, 6) is 0.189. The number of nitrogens with zero attached hydrogens (tertiary/aromatic N) is 2. The molecule has 2 aliphatic rings. The molecule has 0 radical (unpaired) electrons. The highest BCUT2D eigenvalue weighted by Gasteiger charge is 2.27. The maximum absolute atomic E-state index is 12.9. The monoisotopic (exact) mass is 356 g/mol. The summed E-state index contributed by atoms with van der Waals surface area (Å²) in [5.41, 5.74) is 2.48. The lowest BCUT2D eigenvalue weighted by Crippen LogP contribution is -2.43. The van der Waals surface area contributed by atoms with Crippen LogP contribution >= 0.6 is 11.3 Å². The first-order chi connectivity index (χ1) is 12.3. The Morgan fingerprint density at radius 3 is 3.08 bits per heavy atom. The van der Waals surface area contributed by atoms with E-state index < -0.39 is 0 Å². The second kappa shape index (κ2) is 7.67. The molecule has 4 rings (SSSR count). The third-order valence-corrected chi connectivity index (χ3v) is 6.31. The summed E-state index contributed by atoms with van der Waals surface area (Å²) in [6, 6.07) is 6.09. The molecule has 1 fully saturated rings. The lowest BCUT2D eigenvalue weighted by molar-refractivity contribution is -0.00667. The van der Waals surface area contributed by atoms with Crippen molar-refractivity contribution in [1.29, 1.82) is 0 Å². The number of piperidine rings is 1. The van der Waals surface area contributed by atoms with E-state index in [1.165, 1.54) is 23.3 Å². The number of aryl methyl sites for hydroxylation is 2. The van der Waals surface area contributed by atoms with Crippen LogP contribution < -0.4 is 0 Å². The summed E-state index contributed by atoms with van der Waals surface area (Å²) in [6.07, 6.45) is 10.5. The van der Waals surface area contributed by atoms with Crippen LogP contribution in [0.4, 0.5) is 0 Å². The molecule has 4 nitrogen and oxygen atoms in total. The van der Waals surface area contributed by atoms with Crippen LogP contribution in [0.15, 0.2) is 30.6 Å². The fourth-order valence-corrected chi connectivity index (χ4v) is 4.93. The summed E-state index contributed by atoms with van der Waals surface area (Å²) in [4.78, 5) is 21.4. The predicted octanol–water partition coefficient (Wildman–Crippen LogP) is 3.84. The smallest absolute Gasteiger partial charge is 0.264 e. The van der Waals surface area contributed by atoms with Crippen molar-refractivity contribution in [2.24, 2.45) is 0 Å². The number of fused-ring (bicyclic) bond motifs is 1. The van der Waals surface area contributed by atoms with E-state index in [2.05, 4.69) is 11.1 Å². The zero-order valence-corrected chi connectivity index (χ0v) is 15.3. The molecule has 132 valence electrons. The maximum atomic E-state index is 12.9. The van der Waals surface area contributed by atoms with Crippen molar-refractivity contribution in [3.63, 3.8) is 0 Å². The molecule has 1 atom stereocenters. The number of aromatic nitrogens is 1. The number of hydrogen-bond acceptors (Lipinski definition) is 4. The summed E-state index contributed by atoms with van der Waals surface area (Å²) in [5, 5.41) is 0. The van der Waals surface area contributed by atoms with Crippen LogP contribution in [0.25, 0.3) is 0 Å². The molecule has 1 saturated heterocycles. The van der Waals surface area contributed by atoms with Crippen molar-refractivity contribution >= 4 is 17.2 Å². The van der Waals surface area contributed by atoms with Gasteiger partial charge in [0.2, 0.25) is 0 Å². The molecule has 3 heterocycles. The molecule has 1 aliphatic carbocycles. The zero-order chi connectivity index (χ0) is 17.1. The highest BCUT2D eigenvalue weighted by molar-refractivity contribution is 7.14. The summed E-state index contributed by atoms with van der Waals surface area (Å²) < 4.78 is 6.04. The van der Waals surface area contributed by atoms with Gasteiger partial charge in [0.15, 0.2) is 0 Å². The average molecular weight is 356 g/mol. The number of amides is 1. The second-order valence-electron chi connectivity index (χ2n) is 6.95. The Kier molecular flexibility index (Phi) is 5.13. The highest BCUT2D eigenvalue weighted by Crippen LogP contribution is 2.31. The van der Waals surface area contributed by atoms with Crippen molar-refractivity contribution in [2.45, 2.75) is 51.2 Å². The molecule has 0 spiro atoms. The third kappa shape index (κ3) is 3.93. The van der Waals surface area contributed by atoms with Gasteiger partial charge in [0, 0.05) is 30.4 Å². The van der Waals surface area contributed by atoms with E-state index in [9.17, 15) is 4.79 Å². The van der Waals surface area contributed by atoms with Crippen molar-refractivity contribution in [1.82, 2.24) is 9.88 Å². The van der Waals surface area contributed by atoms with Gasteiger partial charge in [0.25, 0.3) is 5.91 Å². The first-order valence-electron chi connectivity index (χ1n) is 9.21. The average Bonchev–Trinajstić information content (AvgIpc) is 3.11. The van der Waals surface area contributed by atoms with Crippen LogP contribution in [0, 0.1) is 0 Å². The molecule has 0 N–H and O–H groups in total. The van der Waals surface area contributed by atoms with Crippen LogP contribution in [0.3, 0.4) is 0 Å². The van der Waals surface area contributed by atoms with E-state index >= 15 is 0 Å². The lowest BCUT2D eigenvalue weighted by atomic mass is 9.99. The van der Waals surface area contributed by atoms with Gasteiger partial charge >= 0.3 is 0 Å². The number of pyridine rings is 1. The minimum absolute atomic E-state index is 0.118. The summed E-state index contributed by atoms with van der Waals surface area (Å²) in [7, 11) is 0. The van der Waals surface area contributed by atoms with E-state index in [0.29, 0.717) is 13.2 Å². The van der Waals surface area contributed by atoms with Crippen molar-refractivity contribution < 1.29 is 9.53 Å². The van der Waals surface area contributed by atoms with Gasteiger partial charge in [-0.25, -0.2) is 0 Å². The molecule has 5 heteroatoms. The molecule has 0 unspecified atom stereocenters. The van der Waals surface area contributed by atoms with Crippen molar-refractivity contribution in [2.75, 3.05) is 13.1 Å². The normalized spacial score (nSPS) is 20.3. The summed E-state index contributed by atoms with van der Waals surface area (Å²) >= 11 is 1.71. The van der Waals surface area contributed by atoms with Gasteiger partial charge in [-0.05, 0) is 61.8 Å². The van der Waals surface area contributed by atoms with Gasteiger partial charge in [0.05, 0.1) is 17.6 Å². The quantitative estimate of drug-likeness (QED) is 0.836. The molecular formula is C20H24N2O2S. The van der Waals surface area contributed by atoms with Gasteiger partial charge in [-0.1, -0.05) is 6.07 Å². The predicted molar refractivity (Wildman–Crippen MR) is 98.9 cm³/mol. The van der Waals surface area contributed by atoms with Crippen molar-refractivity contribution in [3.05, 3.63) is 51.5 Å². The first-order valence-corrected chi connectivity index (χ1v) is 10.0. The van der Waals surface area contributed by atoms with E-state index in [1.54, 1.807) is 17.5 Å². The van der Waals surface area contributed by atoms with Gasteiger partial charge in [-0.2, -0.15) is 0 Å². The number of rotatable bonds is 4. The summed E-state index contributed by atoms with van der Waals surface area (Å²) in [6.45, 7) is 2.10. The van der Waals surface area contributed by atoms with E-state index in [-0.39, 0.29) is 12.0 Å². The molecule has 1 aliphatic heterocycles. The Balaban J connectivity index is 1.37. The fourth-order valence-electron chi connectivity index (χ4n) is 3.71. The molecule has 0 aromatic carbocycles. The lowest BCUT2D eigenvalue weighted by Gasteiger charge is -2.32. The Bertz CT molecular complexity index is 705. The first kappa shape index (κ1) is 16.7. The number of carbonyl (C=O) groups excluding carboxylic acids is 1. The minimum atomic E-state index is 0.118. The van der Waals surface area contributed by atoms with Crippen LogP contribution in [0.5, 0.6) is 0 Å². The standard InChI is InChI=1S/C20H24N2O2S/c23-20(19-11-16-6-1-2-8-18(16)25-19)22-10-4-7-17(13-22)24-14-15-5-3-9-21-12-15/h3,5,9,11-12,17H,1-2,4,6-8,10,13-14H2/t17-/m0/s1. The van der Waals surface area contributed by atoms with Gasteiger partial charge in [-0.15, -0.1) is 11.3 Å². The number of thiophene rings is 1. The Hall–Kier alpha value is -1.72. The second-order valence-corrected chi connectivity index (χ2v) is 8.09. The number of hydrogen-bond donors (Lipinski definition) is 0. The molecule has 0 saturated carbocycles. The fraction of sp³-hybridized carbons (Fsp3) is 0.500. The van der Waals surface area contributed by atoms with Crippen LogP contribution in [-0.4, -0.2) is 35.0 Å². The van der Waals surface area contributed by atoms with Crippen molar-refractivity contribution in [3.8, 4) is 0 Å². The SMILES string of the molecule is O=C(c1cc2c(s1)CCCC2)N1CCC[C@H](OCc2cccnc2)C1. The maximum Gasteiger partial charge on any atom is 0.264 e. The van der Waals surface area contributed by atoms with E-state index in [1.807, 2.05) is 23.2 Å². The van der Waals surface area contributed by atoms with Gasteiger partial charge < -0.3 is 9.64 Å². The Morgan fingerprint density at radius 2 is 2.24 bits per heavy atom. The minimum Gasteiger partial charge on any atom is -0.372 e. The Morgan fingerprint density at radius 1 is 1.32 bits per heavy atom. The van der Waals surface area contributed by atoms with E-state index in [4.69, 9.17) is 4.74 Å². The van der Waals surface area contributed by atoms with Gasteiger partial charge in [-0.3, -0.25) is 9.78 Å². The molecule has 25 heavy (non-hydrogen) atoms. The molecule has 1 amide bonds. The topological polar surface area (TPSA) is 42.4 Å². The third-order valence-electron chi connectivity index (χ3n) is 5.08. The van der Waals surface area contributed by atoms with Crippen LogP contribution in [0.2, 0.25) is 0 Å². The molecule has 2 aromatic heterocycles. The highest BCUT2D eigenvalue weighted by atomic mass is 32.1. The molecule has 2 aromatic rings. The number of ether oxygens (including phenoxy) is 1. The Labute approximate surface area is 152 Å². The molecular weight excluding hydrogens is 332 g/mol. The van der Waals surface area contributed by atoms with Gasteiger partial charge in [0.1, 0.15) is 0 Å². The largest absolute Gasteiger partial charge is 0.372 e. The van der Waals surface area contributed by atoms with E-state index in [0.717, 1.165) is 42.7 Å².